The van der Waals surface area contributed by atoms with Crippen LogP contribution in [0.15, 0.2) is 23.9 Å². The molecular weight excluding hydrogens is 372 g/mol. The third-order valence-electron chi connectivity index (χ3n) is 3.54. The summed E-state index contributed by atoms with van der Waals surface area (Å²) in [6.45, 7) is 8.33. The number of hydrogen-bond donors (Lipinski definition) is 1. The van der Waals surface area contributed by atoms with Crippen molar-refractivity contribution in [3.63, 3.8) is 0 Å². The second kappa shape index (κ2) is 9.54. The van der Waals surface area contributed by atoms with Crippen molar-refractivity contribution in [2.75, 3.05) is 18.2 Å². The average Bonchev–Trinajstić information content (AvgIpc) is 3.23. The summed E-state index contributed by atoms with van der Waals surface area (Å²) in [6, 6.07) is 1.76. The molecule has 9 heteroatoms. The molecule has 0 fully saturated rings. The number of thiophene rings is 1. The molecule has 140 valence electrons. The summed E-state index contributed by atoms with van der Waals surface area (Å²) in [5.41, 5.74) is 0.385. The van der Waals surface area contributed by atoms with Crippen molar-refractivity contribution in [1.29, 1.82) is 0 Å². The van der Waals surface area contributed by atoms with Gasteiger partial charge in [0.25, 0.3) is 0 Å². The van der Waals surface area contributed by atoms with E-state index in [-0.39, 0.29) is 11.7 Å². The highest BCUT2D eigenvalue weighted by Gasteiger charge is 2.19. The lowest BCUT2D eigenvalue weighted by atomic mass is 10.2. The number of hydrogen-bond acceptors (Lipinski definition) is 7. The minimum Gasteiger partial charge on any atom is -0.465 e. The molecule has 0 aliphatic heterocycles. The molecule has 0 saturated carbocycles. The third kappa shape index (κ3) is 4.73. The zero-order valence-electron chi connectivity index (χ0n) is 15.1. The summed E-state index contributed by atoms with van der Waals surface area (Å²) in [4.78, 5) is 25.2. The molecule has 1 N–H and O–H groups in total. The summed E-state index contributed by atoms with van der Waals surface area (Å²) in [6.07, 6.45) is 3.31. The molecule has 0 aliphatic carbocycles. The fourth-order valence-electron chi connectivity index (χ4n) is 2.26. The fourth-order valence-corrected chi connectivity index (χ4v) is 4.03. The zero-order chi connectivity index (χ0) is 19.1. The van der Waals surface area contributed by atoms with Gasteiger partial charge >= 0.3 is 5.97 Å². The molecule has 0 radical (unpaired) electrons. The van der Waals surface area contributed by atoms with Crippen molar-refractivity contribution in [1.82, 2.24) is 14.8 Å². The van der Waals surface area contributed by atoms with Crippen molar-refractivity contribution in [2.45, 2.75) is 38.4 Å². The number of aryl methyl sites for hydroxylation is 2. The van der Waals surface area contributed by atoms with E-state index >= 15 is 0 Å². The van der Waals surface area contributed by atoms with Crippen LogP contribution in [-0.2, 0) is 28.9 Å². The summed E-state index contributed by atoms with van der Waals surface area (Å²) >= 11 is 2.68. The molecule has 26 heavy (non-hydrogen) atoms. The predicted octanol–water partition coefficient (Wildman–Crippen LogP) is 3.17. The molecule has 0 aliphatic rings. The summed E-state index contributed by atoms with van der Waals surface area (Å²) in [5.74, 6) is 0.351. The van der Waals surface area contributed by atoms with Crippen molar-refractivity contribution >= 4 is 40.0 Å². The van der Waals surface area contributed by atoms with Crippen LogP contribution in [0.25, 0.3) is 0 Å². The normalized spacial score (nSPS) is 10.6. The smallest absolute Gasteiger partial charge is 0.340 e. The number of esters is 1. The van der Waals surface area contributed by atoms with Gasteiger partial charge in [0.15, 0.2) is 5.16 Å². The number of nitrogens with one attached hydrogen (secondary N) is 1. The van der Waals surface area contributed by atoms with Crippen LogP contribution in [0.1, 0.15) is 34.9 Å². The minimum absolute atomic E-state index is 0.166. The number of thioether (sulfide) groups is 1. The Labute approximate surface area is 160 Å². The SMILES string of the molecule is C=CCn1c(CC)nnc1SCC(=O)Nc1sc(CC)cc1C(=O)OC. The Bertz CT molecular complexity index is 798. The summed E-state index contributed by atoms with van der Waals surface area (Å²) < 4.78 is 6.72. The summed E-state index contributed by atoms with van der Waals surface area (Å²) in [5, 5.41) is 12.3. The van der Waals surface area contributed by atoms with Gasteiger partial charge in [-0.3, -0.25) is 4.79 Å². The molecule has 2 rings (SSSR count). The maximum absolute atomic E-state index is 12.3. The van der Waals surface area contributed by atoms with Crippen molar-refractivity contribution in [3.05, 3.63) is 35.0 Å². The standard InChI is InChI=1S/C17H22N4O3S2/c1-5-8-21-13(7-3)19-20-17(21)25-10-14(22)18-15-12(16(23)24-4)9-11(6-2)26-15/h5,9H,1,6-8,10H2,2-4H3,(H,18,22). The first-order valence-electron chi connectivity index (χ1n) is 8.20. The van der Waals surface area contributed by atoms with E-state index in [0.29, 0.717) is 22.3 Å². The third-order valence-corrected chi connectivity index (χ3v) is 5.71. The number of amides is 1. The Kier molecular flexibility index (Phi) is 7.40. The molecule has 7 nitrogen and oxygen atoms in total. The zero-order valence-corrected chi connectivity index (χ0v) is 16.7. The lowest BCUT2D eigenvalue weighted by molar-refractivity contribution is -0.113. The van der Waals surface area contributed by atoms with Gasteiger partial charge in [0.1, 0.15) is 10.8 Å². The molecule has 1 amide bonds. The van der Waals surface area contributed by atoms with Gasteiger partial charge in [-0.15, -0.1) is 28.1 Å². The molecule has 0 saturated heterocycles. The van der Waals surface area contributed by atoms with Gasteiger partial charge < -0.3 is 14.6 Å². The van der Waals surface area contributed by atoms with Crippen LogP contribution in [-0.4, -0.2) is 39.5 Å². The van der Waals surface area contributed by atoms with Crippen LogP contribution in [0.3, 0.4) is 0 Å². The van der Waals surface area contributed by atoms with Crippen LogP contribution in [0.4, 0.5) is 5.00 Å². The fraction of sp³-hybridized carbons (Fsp3) is 0.412. The molecule has 2 aromatic heterocycles. The Balaban J connectivity index is 2.06. The van der Waals surface area contributed by atoms with Gasteiger partial charge in [0, 0.05) is 17.8 Å². The van der Waals surface area contributed by atoms with Crippen molar-refractivity contribution < 1.29 is 14.3 Å². The van der Waals surface area contributed by atoms with E-state index in [4.69, 9.17) is 4.74 Å². The number of allylic oxidation sites excluding steroid dienone is 1. The van der Waals surface area contributed by atoms with Crippen LogP contribution in [0, 0.1) is 0 Å². The topological polar surface area (TPSA) is 86.1 Å². The first-order valence-corrected chi connectivity index (χ1v) is 10.0. The molecule has 2 aromatic rings. The average molecular weight is 395 g/mol. The number of aromatic nitrogens is 3. The number of rotatable bonds is 9. The Morgan fingerprint density at radius 1 is 1.38 bits per heavy atom. The van der Waals surface area contributed by atoms with Crippen molar-refractivity contribution in [3.8, 4) is 0 Å². The van der Waals surface area contributed by atoms with Crippen LogP contribution in [0.5, 0.6) is 0 Å². The number of anilines is 1. The number of carbonyl (C=O) groups is 2. The highest BCUT2D eigenvalue weighted by molar-refractivity contribution is 7.99. The summed E-state index contributed by atoms with van der Waals surface area (Å²) in [7, 11) is 1.32. The molecule has 0 spiro atoms. The lowest BCUT2D eigenvalue weighted by Gasteiger charge is -2.07. The molecule has 0 atom stereocenters. The molecule has 0 unspecified atom stereocenters. The van der Waals surface area contributed by atoms with Crippen LogP contribution < -0.4 is 5.32 Å². The molecule has 0 bridgehead atoms. The highest BCUT2D eigenvalue weighted by Crippen LogP contribution is 2.29. The monoisotopic (exact) mass is 394 g/mol. The van der Waals surface area contributed by atoms with Gasteiger partial charge in [0.2, 0.25) is 5.91 Å². The van der Waals surface area contributed by atoms with E-state index in [1.165, 1.54) is 30.2 Å². The van der Waals surface area contributed by atoms with E-state index < -0.39 is 5.97 Å². The van der Waals surface area contributed by atoms with Gasteiger partial charge in [-0.1, -0.05) is 31.7 Å². The number of methoxy groups -OCH3 is 1. The molecule has 2 heterocycles. The van der Waals surface area contributed by atoms with Crippen LogP contribution >= 0.6 is 23.1 Å². The molecule has 0 aromatic carbocycles. The van der Waals surface area contributed by atoms with Gasteiger partial charge in [-0.2, -0.15) is 0 Å². The van der Waals surface area contributed by atoms with E-state index in [1.54, 1.807) is 12.1 Å². The van der Waals surface area contributed by atoms with Crippen molar-refractivity contribution in [2.24, 2.45) is 0 Å². The first kappa shape index (κ1) is 20.2. The van der Waals surface area contributed by atoms with E-state index in [0.717, 1.165) is 23.5 Å². The van der Waals surface area contributed by atoms with Gasteiger partial charge in [0.05, 0.1) is 18.4 Å². The van der Waals surface area contributed by atoms with E-state index in [2.05, 4.69) is 22.1 Å². The second-order valence-corrected chi connectivity index (χ2v) is 7.37. The predicted molar refractivity (Wildman–Crippen MR) is 104 cm³/mol. The number of ether oxygens (including phenoxy) is 1. The minimum atomic E-state index is -0.456. The Hall–Kier alpha value is -2.13. The Morgan fingerprint density at radius 2 is 2.15 bits per heavy atom. The lowest BCUT2D eigenvalue weighted by Crippen LogP contribution is -2.16. The van der Waals surface area contributed by atoms with Gasteiger partial charge in [-0.25, -0.2) is 4.79 Å². The quantitative estimate of drug-likeness (QED) is 0.399. The molecular formula is C17H22N4O3S2. The maximum atomic E-state index is 12.3. The highest BCUT2D eigenvalue weighted by atomic mass is 32.2. The first-order chi connectivity index (χ1) is 12.5. The van der Waals surface area contributed by atoms with E-state index in [9.17, 15) is 9.59 Å². The largest absolute Gasteiger partial charge is 0.465 e. The second-order valence-electron chi connectivity index (χ2n) is 5.29. The van der Waals surface area contributed by atoms with Gasteiger partial charge in [-0.05, 0) is 12.5 Å². The van der Waals surface area contributed by atoms with E-state index in [1.807, 2.05) is 18.4 Å². The number of carbonyl (C=O) groups excluding carboxylic acids is 2. The van der Waals surface area contributed by atoms with Crippen LogP contribution in [0.2, 0.25) is 0 Å². The number of nitrogens with zero attached hydrogens (tertiary/aromatic N) is 3. The Morgan fingerprint density at radius 3 is 2.77 bits per heavy atom. The maximum Gasteiger partial charge on any atom is 0.340 e.